The number of aromatic nitrogens is 1. The quantitative estimate of drug-likeness (QED) is 0.710. The maximum Gasteiger partial charge on any atom is 0.207 e. The number of pyridine rings is 1. The number of rotatable bonds is 4. The van der Waals surface area contributed by atoms with Crippen molar-refractivity contribution in [2.75, 3.05) is 0 Å². The normalized spacial score (nSPS) is 12.5. The first-order valence-corrected chi connectivity index (χ1v) is 4.35. The number of hydrogen-bond acceptors (Lipinski definition) is 2. The molecule has 0 saturated carbocycles. The largest absolute Gasteiger partial charge is 0.352 e. The lowest BCUT2D eigenvalue weighted by atomic mass is 9.98. The van der Waals surface area contributed by atoms with Crippen molar-refractivity contribution >= 4 is 6.41 Å². The van der Waals surface area contributed by atoms with Crippen LogP contribution in [0.4, 0.5) is 0 Å². The summed E-state index contributed by atoms with van der Waals surface area (Å²) in [5.74, 6) is 0.370. The van der Waals surface area contributed by atoms with E-state index in [1.54, 1.807) is 12.4 Å². The average Bonchev–Trinajstić information content (AvgIpc) is 2.15. The molecule has 0 saturated heterocycles. The van der Waals surface area contributed by atoms with Crippen LogP contribution in [0.3, 0.4) is 0 Å². The summed E-state index contributed by atoms with van der Waals surface area (Å²) in [4.78, 5) is 14.4. The number of carbonyl (C=O) groups excluding carboxylic acids is 1. The minimum absolute atomic E-state index is 0.0613. The highest BCUT2D eigenvalue weighted by atomic mass is 16.1. The van der Waals surface area contributed by atoms with Crippen molar-refractivity contribution in [1.29, 1.82) is 0 Å². The van der Waals surface area contributed by atoms with E-state index in [9.17, 15) is 4.79 Å². The Kier molecular flexibility index (Phi) is 3.43. The van der Waals surface area contributed by atoms with Crippen LogP contribution in [-0.4, -0.2) is 11.4 Å². The molecule has 1 aromatic heterocycles. The van der Waals surface area contributed by atoms with Crippen molar-refractivity contribution in [3.05, 3.63) is 30.1 Å². The second-order valence-electron chi connectivity index (χ2n) is 3.29. The van der Waals surface area contributed by atoms with E-state index in [4.69, 9.17) is 0 Å². The first kappa shape index (κ1) is 9.71. The fourth-order valence-electron chi connectivity index (χ4n) is 1.31. The van der Waals surface area contributed by atoms with Crippen LogP contribution in [0, 0.1) is 5.92 Å². The van der Waals surface area contributed by atoms with Crippen LogP contribution >= 0.6 is 0 Å². The molecule has 0 fully saturated rings. The summed E-state index contributed by atoms with van der Waals surface area (Å²) in [5.41, 5.74) is 1.05. The molecule has 0 aromatic carbocycles. The number of carbonyl (C=O) groups is 1. The van der Waals surface area contributed by atoms with Gasteiger partial charge in [-0.25, -0.2) is 0 Å². The summed E-state index contributed by atoms with van der Waals surface area (Å²) in [7, 11) is 0. The molecule has 0 aliphatic rings. The van der Waals surface area contributed by atoms with Gasteiger partial charge in [0.15, 0.2) is 0 Å². The lowest BCUT2D eigenvalue weighted by Gasteiger charge is -2.19. The maximum atomic E-state index is 10.4. The van der Waals surface area contributed by atoms with E-state index in [0.717, 1.165) is 12.0 Å². The molecular weight excluding hydrogens is 164 g/mol. The highest BCUT2D eigenvalue weighted by molar-refractivity contribution is 5.47. The van der Waals surface area contributed by atoms with E-state index in [1.807, 2.05) is 12.1 Å². The van der Waals surface area contributed by atoms with E-state index < -0.39 is 0 Å². The fraction of sp³-hybridized carbons (Fsp3) is 0.400. The topological polar surface area (TPSA) is 42.0 Å². The van der Waals surface area contributed by atoms with Crippen LogP contribution in [0.2, 0.25) is 0 Å². The third-order valence-electron chi connectivity index (χ3n) is 1.96. The molecule has 13 heavy (non-hydrogen) atoms. The molecule has 0 spiro atoms. The Hall–Kier alpha value is -1.38. The first-order chi connectivity index (χ1) is 6.25. The van der Waals surface area contributed by atoms with Crippen molar-refractivity contribution in [2.24, 2.45) is 5.92 Å². The fourth-order valence-corrected chi connectivity index (χ4v) is 1.31. The summed E-state index contributed by atoms with van der Waals surface area (Å²) < 4.78 is 0. The van der Waals surface area contributed by atoms with Gasteiger partial charge in [-0.1, -0.05) is 19.9 Å². The van der Waals surface area contributed by atoms with Gasteiger partial charge in [0.2, 0.25) is 6.41 Å². The Morgan fingerprint density at radius 1 is 1.54 bits per heavy atom. The molecule has 0 bridgehead atoms. The predicted octanol–water partition coefficient (Wildman–Crippen LogP) is 1.52. The molecule has 3 nitrogen and oxygen atoms in total. The standard InChI is InChI=1S/C10H14N2O/c1-8(2)10(12-7-13)9-4-3-5-11-6-9/h3-8,10H,1-2H3,(H,12,13). The summed E-state index contributed by atoms with van der Waals surface area (Å²) >= 11 is 0. The Morgan fingerprint density at radius 3 is 2.77 bits per heavy atom. The predicted molar refractivity (Wildman–Crippen MR) is 51.0 cm³/mol. The maximum absolute atomic E-state index is 10.4. The molecular formula is C10H14N2O. The lowest BCUT2D eigenvalue weighted by molar-refractivity contribution is -0.110. The Bertz CT molecular complexity index is 259. The zero-order chi connectivity index (χ0) is 9.68. The highest BCUT2D eigenvalue weighted by Gasteiger charge is 2.13. The number of amides is 1. The van der Waals surface area contributed by atoms with Crippen LogP contribution < -0.4 is 5.32 Å². The SMILES string of the molecule is CC(C)C(NC=O)c1cccnc1. The van der Waals surface area contributed by atoms with Gasteiger partial charge in [-0.3, -0.25) is 9.78 Å². The Balaban J connectivity index is 2.82. The minimum Gasteiger partial charge on any atom is -0.352 e. The summed E-state index contributed by atoms with van der Waals surface area (Å²) in [6, 6.07) is 3.90. The molecule has 1 N–H and O–H groups in total. The van der Waals surface area contributed by atoms with E-state index in [1.165, 1.54) is 0 Å². The molecule has 1 heterocycles. The zero-order valence-electron chi connectivity index (χ0n) is 7.90. The van der Waals surface area contributed by atoms with E-state index >= 15 is 0 Å². The molecule has 3 heteroatoms. The molecule has 1 atom stereocenters. The first-order valence-electron chi connectivity index (χ1n) is 4.35. The molecule has 0 aliphatic heterocycles. The van der Waals surface area contributed by atoms with Crippen LogP contribution in [0.15, 0.2) is 24.5 Å². The van der Waals surface area contributed by atoms with Gasteiger partial charge in [-0.05, 0) is 17.5 Å². The van der Waals surface area contributed by atoms with Gasteiger partial charge >= 0.3 is 0 Å². The monoisotopic (exact) mass is 178 g/mol. The average molecular weight is 178 g/mol. The molecule has 0 radical (unpaired) electrons. The zero-order valence-corrected chi connectivity index (χ0v) is 7.90. The van der Waals surface area contributed by atoms with Crippen LogP contribution in [0.1, 0.15) is 25.5 Å². The van der Waals surface area contributed by atoms with Gasteiger partial charge in [0, 0.05) is 12.4 Å². The van der Waals surface area contributed by atoms with Crippen molar-refractivity contribution in [3.63, 3.8) is 0 Å². The van der Waals surface area contributed by atoms with Crippen LogP contribution in [-0.2, 0) is 4.79 Å². The summed E-state index contributed by atoms with van der Waals surface area (Å²) in [6.45, 7) is 4.13. The van der Waals surface area contributed by atoms with Gasteiger partial charge in [0.25, 0.3) is 0 Å². The molecule has 1 rings (SSSR count). The van der Waals surface area contributed by atoms with Crippen LogP contribution in [0.25, 0.3) is 0 Å². The van der Waals surface area contributed by atoms with Gasteiger partial charge in [0.1, 0.15) is 0 Å². The van der Waals surface area contributed by atoms with Crippen LogP contribution in [0.5, 0.6) is 0 Å². The van der Waals surface area contributed by atoms with E-state index in [-0.39, 0.29) is 6.04 Å². The van der Waals surface area contributed by atoms with Gasteiger partial charge in [-0.2, -0.15) is 0 Å². The third kappa shape index (κ3) is 2.54. The summed E-state index contributed by atoms with van der Waals surface area (Å²) in [5, 5.41) is 2.78. The highest BCUT2D eigenvalue weighted by Crippen LogP contribution is 2.19. The number of hydrogen-bond donors (Lipinski definition) is 1. The van der Waals surface area contributed by atoms with Gasteiger partial charge < -0.3 is 5.32 Å². The molecule has 0 aliphatic carbocycles. The number of nitrogens with one attached hydrogen (secondary N) is 1. The minimum atomic E-state index is 0.0613. The Labute approximate surface area is 78.2 Å². The Morgan fingerprint density at radius 2 is 2.31 bits per heavy atom. The number of nitrogens with zero attached hydrogens (tertiary/aromatic N) is 1. The van der Waals surface area contributed by atoms with Crippen molar-refractivity contribution < 1.29 is 4.79 Å². The second kappa shape index (κ2) is 4.60. The van der Waals surface area contributed by atoms with Crippen molar-refractivity contribution in [2.45, 2.75) is 19.9 Å². The van der Waals surface area contributed by atoms with E-state index in [2.05, 4.69) is 24.1 Å². The lowest BCUT2D eigenvalue weighted by Crippen LogP contribution is -2.24. The molecule has 1 amide bonds. The second-order valence-corrected chi connectivity index (χ2v) is 3.29. The van der Waals surface area contributed by atoms with E-state index in [0.29, 0.717) is 5.92 Å². The third-order valence-corrected chi connectivity index (χ3v) is 1.96. The van der Waals surface area contributed by atoms with Crippen molar-refractivity contribution in [3.8, 4) is 0 Å². The van der Waals surface area contributed by atoms with Gasteiger partial charge in [-0.15, -0.1) is 0 Å². The molecule has 1 aromatic rings. The van der Waals surface area contributed by atoms with Gasteiger partial charge in [0.05, 0.1) is 6.04 Å². The smallest absolute Gasteiger partial charge is 0.207 e. The molecule has 70 valence electrons. The van der Waals surface area contributed by atoms with Crippen molar-refractivity contribution in [1.82, 2.24) is 10.3 Å². The summed E-state index contributed by atoms with van der Waals surface area (Å²) in [6.07, 6.45) is 4.24. The molecule has 1 unspecified atom stereocenters.